The standard InChI is InChI=1S/C12H22.CH3NO2/c1-3-7-11(8-4-1)12-9-5-2-6-10-12;2-1(3)4/h11-12H,1-10H2;2H2,(H,3,4). The fourth-order valence-electron chi connectivity index (χ4n) is 3.21. The molecule has 0 aliphatic heterocycles. The van der Waals surface area contributed by atoms with Crippen LogP contribution in [0.1, 0.15) is 64.2 Å². The molecule has 94 valence electrons. The third kappa shape index (κ3) is 5.38. The van der Waals surface area contributed by atoms with Crippen LogP contribution in [-0.4, -0.2) is 11.2 Å². The number of rotatable bonds is 1. The summed E-state index contributed by atoms with van der Waals surface area (Å²) in [6, 6.07) is 0. The van der Waals surface area contributed by atoms with Crippen LogP contribution in [0.3, 0.4) is 0 Å². The second-order valence-corrected chi connectivity index (χ2v) is 5.13. The van der Waals surface area contributed by atoms with Crippen molar-refractivity contribution in [2.24, 2.45) is 17.6 Å². The zero-order valence-electron chi connectivity index (χ0n) is 10.2. The first-order chi connectivity index (χ1) is 7.70. The van der Waals surface area contributed by atoms with Crippen molar-refractivity contribution >= 4 is 6.09 Å². The molecule has 0 aromatic heterocycles. The lowest BCUT2D eigenvalue weighted by atomic mass is 9.73. The molecule has 0 aromatic carbocycles. The molecule has 0 saturated heterocycles. The van der Waals surface area contributed by atoms with Gasteiger partial charge in [0, 0.05) is 0 Å². The van der Waals surface area contributed by atoms with Crippen molar-refractivity contribution in [1.82, 2.24) is 0 Å². The van der Waals surface area contributed by atoms with Crippen LogP contribution in [0.4, 0.5) is 4.79 Å². The Labute approximate surface area is 98.4 Å². The number of hydrogen-bond acceptors (Lipinski definition) is 1. The maximum atomic E-state index is 8.78. The van der Waals surface area contributed by atoms with Gasteiger partial charge in [0.1, 0.15) is 0 Å². The highest BCUT2D eigenvalue weighted by molar-refractivity contribution is 5.61. The number of amides is 1. The van der Waals surface area contributed by atoms with E-state index in [4.69, 9.17) is 9.90 Å². The van der Waals surface area contributed by atoms with Crippen LogP contribution < -0.4 is 5.73 Å². The molecule has 0 atom stereocenters. The topological polar surface area (TPSA) is 63.3 Å². The molecule has 1 amide bonds. The molecule has 0 radical (unpaired) electrons. The fourth-order valence-corrected chi connectivity index (χ4v) is 3.21. The van der Waals surface area contributed by atoms with Gasteiger partial charge in [0.2, 0.25) is 0 Å². The van der Waals surface area contributed by atoms with Crippen molar-refractivity contribution in [1.29, 1.82) is 0 Å². The Morgan fingerprint density at radius 3 is 1.31 bits per heavy atom. The summed E-state index contributed by atoms with van der Waals surface area (Å²) in [5.74, 6) is 2.28. The Morgan fingerprint density at radius 2 is 1.06 bits per heavy atom. The molecule has 0 bridgehead atoms. The largest absolute Gasteiger partial charge is 0.465 e. The summed E-state index contributed by atoms with van der Waals surface area (Å²) in [6.45, 7) is 0. The Bertz CT molecular complexity index is 174. The Kier molecular flexibility index (Phi) is 6.27. The third-order valence-corrected chi connectivity index (χ3v) is 3.97. The Balaban J connectivity index is 0.000000280. The maximum Gasteiger partial charge on any atom is 0.402 e. The predicted octanol–water partition coefficient (Wildman–Crippen LogP) is 3.77. The smallest absolute Gasteiger partial charge is 0.402 e. The first-order valence-corrected chi connectivity index (χ1v) is 6.68. The van der Waals surface area contributed by atoms with Crippen LogP contribution in [0.5, 0.6) is 0 Å². The molecule has 16 heavy (non-hydrogen) atoms. The minimum absolute atomic E-state index is 1.14. The number of carboxylic acid groups (broad SMARTS) is 1. The quantitative estimate of drug-likeness (QED) is 0.716. The lowest BCUT2D eigenvalue weighted by molar-refractivity contribution is 0.196. The van der Waals surface area contributed by atoms with Gasteiger partial charge in [0.15, 0.2) is 0 Å². The SMILES string of the molecule is C1CCC(C2CCCCC2)CC1.NC(=O)O. The van der Waals surface area contributed by atoms with Crippen molar-refractivity contribution in [3.8, 4) is 0 Å². The summed E-state index contributed by atoms with van der Waals surface area (Å²) >= 11 is 0. The second-order valence-electron chi connectivity index (χ2n) is 5.13. The third-order valence-electron chi connectivity index (χ3n) is 3.97. The molecule has 2 aliphatic carbocycles. The average Bonchev–Trinajstić information content (AvgIpc) is 2.31. The molecule has 2 fully saturated rings. The van der Waals surface area contributed by atoms with Gasteiger partial charge in [-0.2, -0.15) is 0 Å². The fraction of sp³-hybridized carbons (Fsp3) is 0.923. The summed E-state index contributed by atoms with van der Waals surface area (Å²) in [7, 11) is 0. The summed E-state index contributed by atoms with van der Waals surface area (Å²) in [4.78, 5) is 8.78. The highest BCUT2D eigenvalue weighted by Gasteiger charge is 2.24. The van der Waals surface area contributed by atoms with E-state index in [9.17, 15) is 0 Å². The van der Waals surface area contributed by atoms with Gasteiger partial charge < -0.3 is 10.8 Å². The maximum absolute atomic E-state index is 8.78. The van der Waals surface area contributed by atoms with E-state index in [1.54, 1.807) is 25.7 Å². The predicted molar refractivity (Wildman–Crippen MR) is 65.4 cm³/mol. The van der Waals surface area contributed by atoms with Crippen LogP contribution in [0.25, 0.3) is 0 Å². The van der Waals surface area contributed by atoms with E-state index < -0.39 is 6.09 Å². The van der Waals surface area contributed by atoms with Crippen LogP contribution in [0.2, 0.25) is 0 Å². The van der Waals surface area contributed by atoms with Gasteiger partial charge in [0.05, 0.1) is 0 Å². The molecule has 3 heteroatoms. The van der Waals surface area contributed by atoms with E-state index in [-0.39, 0.29) is 0 Å². The van der Waals surface area contributed by atoms with Crippen molar-refractivity contribution in [3.05, 3.63) is 0 Å². The van der Waals surface area contributed by atoms with Crippen LogP contribution in [0, 0.1) is 11.8 Å². The molecule has 3 N–H and O–H groups in total. The zero-order valence-corrected chi connectivity index (χ0v) is 10.2. The first-order valence-electron chi connectivity index (χ1n) is 6.68. The van der Waals surface area contributed by atoms with Gasteiger partial charge in [-0.1, -0.05) is 64.2 Å². The van der Waals surface area contributed by atoms with E-state index in [1.807, 2.05) is 0 Å². The van der Waals surface area contributed by atoms with E-state index in [2.05, 4.69) is 5.73 Å². The van der Waals surface area contributed by atoms with Gasteiger partial charge in [-0.3, -0.25) is 0 Å². The van der Waals surface area contributed by atoms with Crippen molar-refractivity contribution in [2.75, 3.05) is 0 Å². The summed E-state index contributed by atoms with van der Waals surface area (Å²) < 4.78 is 0. The van der Waals surface area contributed by atoms with Gasteiger partial charge in [0.25, 0.3) is 0 Å². The van der Waals surface area contributed by atoms with E-state index in [0.29, 0.717) is 0 Å². The van der Waals surface area contributed by atoms with E-state index >= 15 is 0 Å². The highest BCUT2D eigenvalue weighted by Crippen LogP contribution is 2.37. The number of nitrogens with two attached hydrogens (primary N) is 1. The van der Waals surface area contributed by atoms with E-state index in [1.165, 1.54) is 38.5 Å². The lowest BCUT2D eigenvalue weighted by Gasteiger charge is -2.32. The zero-order chi connectivity index (χ0) is 11.8. The van der Waals surface area contributed by atoms with Crippen LogP contribution in [0.15, 0.2) is 0 Å². The molecule has 2 aliphatic rings. The molecule has 2 saturated carbocycles. The van der Waals surface area contributed by atoms with Crippen LogP contribution in [-0.2, 0) is 0 Å². The Hall–Kier alpha value is -0.730. The summed E-state index contributed by atoms with van der Waals surface area (Å²) in [5.41, 5.74) is 4.03. The number of hydrogen-bond donors (Lipinski definition) is 2. The molecular formula is C13H25NO2. The van der Waals surface area contributed by atoms with Gasteiger partial charge in [-0.25, -0.2) is 4.79 Å². The molecule has 0 aromatic rings. The molecular weight excluding hydrogens is 202 g/mol. The second kappa shape index (κ2) is 7.53. The molecule has 0 spiro atoms. The van der Waals surface area contributed by atoms with Gasteiger partial charge in [-0.15, -0.1) is 0 Å². The van der Waals surface area contributed by atoms with Crippen molar-refractivity contribution in [2.45, 2.75) is 64.2 Å². The highest BCUT2D eigenvalue weighted by atomic mass is 16.4. The van der Waals surface area contributed by atoms with Crippen molar-refractivity contribution < 1.29 is 9.90 Å². The molecule has 0 unspecified atom stereocenters. The monoisotopic (exact) mass is 227 g/mol. The van der Waals surface area contributed by atoms with Crippen LogP contribution >= 0.6 is 0 Å². The van der Waals surface area contributed by atoms with Crippen molar-refractivity contribution in [3.63, 3.8) is 0 Å². The minimum atomic E-state index is -1.33. The first kappa shape index (κ1) is 13.3. The molecule has 0 heterocycles. The number of carbonyl (C=O) groups is 1. The molecule has 2 rings (SSSR count). The average molecular weight is 227 g/mol. The normalized spacial score (nSPS) is 23.2. The lowest BCUT2D eigenvalue weighted by Crippen LogP contribution is -2.20. The summed E-state index contributed by atoms with van der Waals surface area (Å²) in [5, 5.41) is 7.19. The van der Waals surface area contributed by atoms with Gasteiger partial charge in [-0.05, 0) is 11.8 Å². The summed E-state index contributed by atoms with van der Waals surface area (Å²) in [6.07, 6.45) is 14.1. The van der Waals surface area contributed by atoms with E-state index in [0.717, 1.165) is 11.8 Å². The molecule has 3 nitrogen and oxygen atoms in total. The Morgan fingerprint density at radius 1 is 0.812 bits per heavy atom. The minimum Gasteiger partial charge on any atom is -0.465 e. The number of primary amides is 1. The van der Waals surface area contributed by atoms with Gasteiger partial charge >= 0.3 is 6.09 Å².